The average molecular weight is 249 g/mol. The summed E-state index contributed by atoms with van der Waals surface area (Å²) in [5.41, 5.74) is 1.62. The Hall–Kier alpha value is -0.930. The molecule has 1 aromatic rings. The van der Waals surface area contributed by atoms with Crippen LogP contribution in [0.4, 0.5) is 0 Å². The summed E-state index contributed by atoms with van der Waals surface area (Å²) in [5.74, 6) is 0. The molecule has 1 heterocycles. The molecule has 0 aliphatic heterocycles. The van der Waals surface area contributed by atoms with Gasteiger partial charge in [0, 0.05) is 32.0 Å². The van der Waals surface area contributed by atoms with Crippen molar-refractivity contribution in [2.24, 2.45) is 5.41 Å². The van der Waals surface area contributed by atoms with Gasteiger partial charge in [-0.25, -0.2) is 0 Å². The first-order valence-corrected chi connectivity index (χ1v) is 6.88. The van der Waals surface area contributed by atoms with Gasteiger partial charge in [0.05, 0.1) is 0 Å². The van der Waals surface area contributed by atoms with Crippen molar-refractivity contribution in [3.63, 3.8) is 0 Å². The molecule has 102 valence electrons. The molecule has 18 heavy (non-hydrogen) atoms. The number of rotatable bonds is 8. The minimum Gasteiger partial charge on any atom is -0.316 e. The minimum absolute atomic E-state index is 0.340. The van der Waals surface area contributed by atoms with Crippen molar-refractivity contribution < 1.29 is 0 Å². The lowest BCUT2D eigenvalue weighted by molar-refractivity contribution is 0.176. The largest absolute Gasteiger partial charge is 0.316 e. The van der Waals surface area contributed by atoms with Crippen molar-refractivity contribution in [2.45, 2.75) is 33.7 Å². The van der Waals surface area contributed by atoms with Crippen molar-refractivity contribution in [3.05, 3.63) is 30.1 Å². The van der Waals surface area contributed by atoms with Gasteiger partial charge in [0.1, 0.15) is 0 Å². The van der Waals surface area contributed by atoms with E-state index in [9.17, 15) is 0 Å². The molecular formula is C15H27N3. The Bertz CT molecular complexity index is 326. The molecule has 1 aromatic heterocycles. The van der Waals surface area contributed by atoms with E-state index in [0.29, 0.717) is 5.41 Å². The molecule has 0 aliphatic rings. The zero-order valence-electron chi connectivity index (χ0n) is 12.2. The van der Waals surface area contributed by atoms with Gasteiger partial charge in [-0.15, -0.1) is 0 Å². The number of hydrogen-bond donors (Lipinski definition) is 1. The number of hydrogen-bond acceptors (Lipinski definition) is 3. The van der Waals surface area contributed by atoms with Crippen LogP contribution < -0.4 is 5.32 Å². The average Bonchev–Trinajstić information content (AvgIpc) is 2.37. The monoisotopic (exact) mass is 249 g/mol. The van der Waals surface area contributed by atoms with E-state index in [1.54, 1.807) is 0 Å². The second-order valence-electron chi connectivity index (χ2n) is 5.48. The summed E-state index contributed by atoms with van der Waals surface area (Å²) in [4.78, 5) is 6.55. The molecule has 3 heteroatoms. The van der Waals surface area contributed by atoms with E-state index in [1.165, 1.54) is 12.0 Å². The van der Waals surface area contributed by atoms with Gasteiger partial charge in [-0.05, 0) is 37.1 Å². The third kappa shape index (κ3) is 5.15. The van der Waals surface area contributed by atoms with Crippen LogP contribution in [0.3, 0.4) is 0 Å². The lowest BCUT2D eigenvalue weighted by Crippen LogP contribution is -2.40. The van der Waals surface area contributed by atoms with Gasteiger partial charge in [0.15, 0.2) is 0 Å². The summed E-state index contributed by atoms with van der Waals surface area (Å²) in [6.45, 7) is 11.0. The fraction of sp³-hybridized carbons (Fsp3) is 0.667. The van der Waals surface area contributed by atoms with E-state index in [2.05, 4.69) is 49.1 Å². The van der Waals surface area contributed by atoms with Crippen molar-refractivity contribution in [1.29, 1.82) is 0 Å². The van der Waals surface area contributed by atoms with Gasteiger partial charge >= 0.3 is 0 Å². The molecule has 3 nitrogen and oxygen atoms in total. The fourth-order valence-electron chi connectivity index (χ4n) is 2.23. The van der Waals surface area contributed by atoms with E-state index < -0.39 is 0 Å². The molecule has 0 aromatic carbocycles. The third-order valence-corrected chi connectivity index (χ3v) is 3.48. The maximum atomic E-state index is 4.16. The van der Waals surface area contributed by atoms with Gasteiger partial charge in [0.2, 0.25) is 0 Å². The standard InChI is InChI=1S/C15H27N3/c1-5-15(3,12-16-6-2)13-18(4)11-14-8-7-9-17-10-14/h7-10,16H,5-6,11-13H2,1-4H3. The topological polar surface area (TPSA) is 28.2 Å². The molecule has 0 spiro atoms. The Morgan fingerprint density at radius 1 is 1.39 bits per heavy atom. The molecule has 0 saturated carbocycles. The van der Waals surface area contributed by atoms with Crippen molar-refractivity contribution in [1.82, 2.24) is 15.2 Å². The quantitative estimate of drug-likeness (QED) is 0.767. The van der Waals surface area contributed by atoms with E-state index in [0.717, 1.165) is 26.2 Å². The van der Waals surface area contributed by atoms with Crippen LogP contribution >= 0.6 is 0 Å². The summed E-state index contributed by atoms with van der Waals surface area (Å²) < 4.78 is 0. The van der Waals surface area contributed by atoms with Crippen LogP contribution in [-0.4, -0.2) is 36.6 Å². The van der Waals surface area contributed by atoms with Crippen LogP contribution in [-0.2, 0) is 6.54 Å². The summed E-state index contributed by atoms with van der Waals surface area (Å²) in [7, 11) is 2.19. The van der Waals surface area contributed by atoms with Gasteiger partial charge in [-0.3, -0.25) is 4.98 Å². The third-order valence-electron chi connectivity index (χ3n) is 3.48. The SMILES string of the molecule is CCNCC(C)(CC)CN(C)Cc1cccnc1. The Kier molecular flexibility index (Phi) is 6.30. The molecule has 0 aliphatic carbocycles. The van der Waals surface area contributed by atoms with Crippen LogP contribution in [0.1, 0.15) is 32.8 Å². The number of nitrogens with zero attached hydrogens (tertiary/aromatic N) is 2. The Morgan fingerprint density at radius 2 is 2.17 bits per heavy atom. The van der Waals surface area contributed by atoms with Gasteiger partial charge in [0.25, 0.3) is 0 Å². The van der Waals surface area contributed by atoms with Crippen LogP contribution in [0.15, 0.2) is 24.5 Å². The maximum absolute atomic E-state index is 4.16. The molecule has 0 fully saturated rings. The lowest BCUT2D eigenvalue weighted by atomic mass is 9.86. The van der Waals surface area contributed by atoms with Crippen molar-refractivity contribution in [3.8, 4) is 0 Å². The molecule has 0 amide bonds. The molecule has 1 unspecified atom stereocenters. The predicted octanol–water partition coefficient (Wildman–Crippen LogP) is 2.54. The highest BCUT2D eigenvalue weighted by Gasteiger charge is 2.23. The molecule has 1 N–H and O–H groups in total. The highest BCUT2D eigenvalue weighted by Crippen LogP contribution is 2.21. The van der Waals surface area contributed by atoms with Crippen LogP contribution in [0, 0.1) is 5.41 Å². The Morgan fingerprint density at radius 3 is 2.72 bits per heavy atom. The zero-order chi connectivity index (χ0) is 13.4. The summed E-state index contributed by atoms with van der Waals surface area (Å²) in [6.07, 6.45) is 4.96. The molecule has 0 saturated heterocycles. The van der Waals surface area contributed by atoms with E-state index >= 15 is 0 Å². The van der Waals surface area contributed by atoms with Gasteiger partial charge in [-0.2, -0.15) is 0 Å². The maximum Gasteiger partial charge on any atom is 0.0312 e. The van der Waals surface area contributed by atoms with Gasteiger partial charge in [-0.1, -0.05) is 26.8 Å². The minimum atomic E-state index is 0.340. The number of nitrogens with one attached hydrogen (secondary N) is 1. The normalized spacial score (nSPS) is 14.7. The van der Waals surface area contributed by atoms with Crippen molar-refractivity contribution in [2.75, 3.05) is 26.7 Å². The van der Waals surface area contributed by atoms with Crippen molar-refractivity contribution >= 4 is 0 Å². The first-order chi connectivity index (χ1) is 8.59. The second kappa shape index (κ2) is 7.49. The summed E-state index contributed by atoms with van der Waals surface area (Å²) in [6, 6.07) is 4.14. The number of pyridine rings is 1. The molecule has 1 atom stereocenters. The highest BCUT2D eigenvalue weighted by molar-refractivity contribution is 5.08. The van der Waals surface area contributed by atoms with E-state index in [1.807, 2.05) is 18.5 Å². The smallest absolute Gasteiger partial charge is 0.0312 e. The Labute approximate surface area is 112 Å². The van der Waals surface area contributed by atoms with Gasteiger partial charge < -0.3 is 10.2 Å². The molecule has 0 bridgehead atoms. The van der Waals surface area contributed by atoms with E-state index in [4.69, 9.17) is 0 Å². The van der Waals surface area contributed by atoms with Crippen LogP contribution in [0.2, 0.25) is 0 Å². The van der Waals surface area contributed by atoms with E-state index in [-0.39, 0.29) is 0 Å². The summed E-state index contributed by atoms with van der Waals surface area (Å²) >= 11 is 0. The summed E-state index contributed by atoms with van der Waals surface area (Å²) in [5, 5.41) is 3.47. The number of aromatic nitrogens is 1. The fourth-order valence-corrected chi connectivity index (χ4v) is 2.23. The van der Waals surface area contributed by atoms with Crippen LogP contribution in [0.25, 0.3) is 0 Å². The molecule has 1 rings (SSSR count). The zero-order valence-corrected chi connectivity index (χ0v) is 12.2. The second-order valence-corrected chi connectivity index (χ2v) is 5.48. The first kappa shape index (κ1) is 15.1. The predicted molar refractivity (Wildman–Crippen MR) is 77.5 cm³/mol. The highest BCUT2D eigenvalue weighted by atomic mass is 15.1. The van der Waals surface area contributed by atoms with Crippen LogP contribution in [0.5, 0.6) is 0 Å². The molecule has 0 radical (unpaired) electrons. The molecular weight excluding hydrogens is 222 g/mol. The lowest BCUT2D eigenvalue weighted by Gasteiger charge is -2.33. The first-order valence-electron chi connectivity index (χ1n) is 6.88. The Balaban J connectivity index is 2.49.